The fourth-order valence-electron chi connectivity index (χ4n) is 1.36. The molecule has 5 heteroatoms. The van der Waals surface area contributed by atoms with Crippen molar-refractivity contribution in [3.8, 4) is 5.06 Å². The van der Waals surface area contributed by atoms with Crippen LogP contribution >= 0.6 is 22.9 Å². The number of fused-ring (bicyclic) bond motifs is 1. The Morgan fingerprint density at radius 1 is 1.53 bits per heavy atom. The van der Waals surface area contributed by atoms with E-state index in [1.165, 1.54) is 7.11 Å². The lowest BCUT2D eigenvalue weighted by atomic mass is 10.2. The summed E-state index contributed by atoms with van der Waals surface area (Å²) in [6.07, 6.45) is 0. The van der Waals surface area contributed by atoms with Gasteiger partial charge in [-0.3, -0.25) is 0 Å². The molecule has 2 aromatic rings. The van der Waals surface area contributed by atoms with Gasteiger partial charge in [-0.1, -0.05) is 29.0 Å². The van der Waals surface area contributed by atoms with Crippen LogP contribution in [0.25, 0.3) is 10.1 Å². The van der Waals surface area contributed by atoms with Crippen molar-refractivity contribution in [2.24, 2.45) is 0 Å². The number of carbonyl (C=O) groups excluding carboxylic acids is 1. The third-order valence-corrected chi connectivity index (χ3v) is 3.21. The normalized spacial score (nSPS) is 10.5. The molecule has 0 atom stereocenters. The molecule has 0 bridgehead atoms. The van der Waals surface area contributed by atoms with Gasteiger partial charge in [0.25, 0.3) is 0 Å². The lowest BCUT2D eigenvalue weighted by Gasteiger charge is -1.97. The molecule has 0 saturated carbocycles. The zero-order valence-corrected chi connectivity index (χ0v) is 9.35. The highest BCUT2D eigenvalue weighted by Gasteiger charge is 2.19. The molecule has 0 fully saturated rings. The summed E-state index contributed by atoms with van der Waals surface area (Å²) in [5.74, 6) is -0.541. The predicted molar refractivity (Wildman–Crippen MR) is 59.8 cm³/mol. The number of aromatic hydroxyl groups is 1. The molecule has 2 rings (SSSR count). The minimum absolute atomic E-state index is 0.0425. The van der Waals surface area contributed by atoms with Crippen LogP contribution in [-0.2, 0) is 4.74 Å². The average Bonchev–Trinajstić information content (AvgIpc) is 2.52. The van der Waals surface area contributed by atoms with Crippen molar-refractivity contribution in [2.45, 2.75) is 0 Å². The molecule has 15 heavy (non-hydrogen) atoms. The number of ether oxygens (including phenoxy) is 1. The van der Waals surface area contributed by atoms with Gasteiger partial charge in [-0.25, -0.2) is 4.79 Å². The van der Waals surface area contributed by atoms with Gasteiger partial charge in [-0.15, -0.1) is 0 Å². The summed E-state index contributed by atoms with van der Waals surface area (Å²) in [5.41, 5.74) is 0.203. The monoisotopic (exact) mass is 242 g/mol. The number of thiophene rings is 1. The van der Waals surface area contributed by atoms with Crippen molar-refractivity contribution in [1.29, 1.82) is 0 Å². The van der Waals surface area contributed by atoms with Gasteiger partial charge < -0.3 is 9.84 Å². The largest absolute Gasteiger partial charge is 0.499 e. The van der Waals surface area contributed by atoms with Crippen LogP contribution < -0.4 is 0 Å². The molecule has 0 aliphatic carbocycles. The van der Waals surface area contributed by atoms with E-state index >= 15 is 0 Å². The molecule has 3 nitrogen and oxygen atoms in total. The first-order valence-corrected chi connectivity index (χ1v) is 5.32. The molecule has 78 valence electrons. The molecule has 0 aliphatic heterocycles. The Morgan fingerprint density at radius 2 is 2.27 bits per heavy atom. The van der Waals surface area contributed by atoms with Crippen molar-refractivity contribution >= 4 is 39.0 Å². The van der Waals surface area contributed by atoms with Crippen molar-refractivity contribution < 1.29 is 14.6 Å². The Balaban J connectivity index is 2.73. The van der Waals surface area contributed by atoms with Crippen molar-refractivity contribution in [3.63, 3.8) is 0 Å². The molecule has 1 aromatic heterocycles. The van der Waals surface area contributed by atoms with Crippen LogP contribution in [0.15, 0.2) is 18.2 Å². The highest BCUT2D eigenvalue weighted by molar-refractivity contribution is 7.21. The lowest BCUT2D eigenvalue weighted by molar-refractivity contribution is 0.0600. The third kappa shape index (κ3) is 1.66. The van der Waals surface area contributed by atoms with E-state index in [9.17, 15) is 9.90 Å². The van der Waals surface area contributed by atoms with E-state index in [0.29, 0.717) is 10.4 Å². The van der Waals surface area contributed by atoms with E-state index < -0.39 is 5.97 Å². The molecule has 0 radical (unpaired) electrons. The van der Waals surface area contributed by atoms with Crippen LogP contribution in [0.1, 0.15) is 10.4 Å². The van der Waals surface area contributed by atoms with E-state index in [0.717, 1.165) is 16.0 Å². The fourth-order valence-corrected chi connectivity index (χ4v) is 2.56. The number of rotatable bonds is 1. The summed E-state index contributed by atoms with van der Waals surface area (Å²) < 4.78 is 5.35. The molecule has 1 N–H and O–H groups in total. The summed E-state index contributed by atoms with van der Waals surface area (Å²) >= 11 is 6.91. The first kappa shape index (κ1) is 10.3. The minimum Gasteiger partial charge on any atom is -0.499 e. The SMILES string of the molecule is COC(=O)c1c(O)sc2cc(Cl)ccc12. The van der Waals surface area contributed by atoms with E-state index in [1.54, 1.807) is 18.2 Å². The number of hydrogen-bond donors (Lipinski definition) is 1. The van der Waals surface area contributed by atoms with Gasteiger partial charge in [-0.2, -0.15) is 0 Å². The second kappa shape index (κ2) is 3.72. The Labute approximate surface area is 94.9 Å². The molecule has 0 unspecified atom stereocenters. The molecule has 1 heterocycles. The zero-order valence-electron chi connectivity index (χ0n) is 7.78. The highest BCUT2D eigenvalue weighted by atomic mass is 35.5. The van der Waals surface area contributed by atoms with E-state index in [2.05, 4.69) is 4.74 Å². The first-order chi connectivity index (χ1) is 7.13. The third-order valence-electron chi connectivity index (χ3n) is 2.02. The van der Waals surface area contributed by atoms with Crippen molar-refractivity contribution in [2.75, 3.05) is 7.11 Å². The number of esters is 1. The maximum Gasteiger partial charge on any atom is 0.343 e. The molecule has 0 saturated heterocycles. The first-order valence-electron chi connectivity index (χ1n) is 4.13. The van der Waals surface area contributed by atoms with Crippen LogP contribution in [-0.4, -0.2) is 18.2 Å². The number of benzene rings is 1. The van der Waals surface area contributed by atoms with Gasteiger partial charge in [0.1, 0.15) is 5.56 Å². The summed E-state index contributed by atoms with van der Waals surface area (Å²) in [5, 5.41) is 10.8. The molecular formula is C10H7ClO3S. The van der Waals surface area contributed by atoms with Gasteiger partial charge in [0.2, 0.25) is 0 Å². The van der Waals surface area contributed by atoms with Gasteiger partial charge in [0.15, 0.2) is 5.06 Å². The Bertz CT molecular complexity index is 533. The number of carbonyl (C=O) groups is 1. The van der Waals surface area contributed by atoms with Crippen LogP contribution in [0.4, 0.5) is 0 Å². The number of halogens is 1. The van der Waals surface area contributed by atoms with Crippen LogP contribution in [0.2, 0.25) is 5.02 Å². The smallest absolute Gasteiger partial charge is 0.343 e. The average molecular weight is 243 g/mol. The summed E-state index contributed by atoms with van der Waals surface area (Å²) in [6.45, 7) is 0. The zero-order chi connectivity index (χ0) is 11.0. The predicted octanol–water partition coefficient (Wildman–Crippen LogP) is 3.05. The highest BCUT2D eigenvalue weighted by Crippen LogP contribution is 2.38. The van der Waals surface area contributed by atoms with Gasteiger partial charge in [0.05, 0.1) is 7.11 Å². The molecular weight excluding hydrogens is 236 g/mol. The van der Waals surface area contributed by atoms with Crippen LogP contribution in [0, 0.1) is 0 Å². The quantitative estimate of drug-likeness (QED) is 0.782. The Hall–Kier alpha value is -1.26. The topological polar surface area (TPSA) is 46.5 Å². The van der Waals surface area contributed by atoms with E-state index in [1.807, 2.05) is 0 Å². The van der Waals surface area contributed by atoms with Crippen molar-refractivity contribution in [3.05, 3.63) is 28.8 Å². The Kier molecular flexibility index (Phi) is 2.54. The molecule has 0 spiro atoms. The standard InChI is InChI=1S/C10H7ClO3S/c1-14-9(12)8-6-3-2-5(11)4-7(6)15-10(8)13/h2-4,13H,1H3. The maximum atomic E-state index is 11.4. The summed E-state index contributed by atoms with van der Waals surface area (Å²) in [6, 6.07) is 5.07. The maximum absolute atomic E-state index is 11.4. The summed E-state index contributed by atoms with van der Waals surface area (Å²) in [4.78, 5) is 11.4. The molecule has 0 amide bonds. The second-order valence-corrected chi connectivity index (χ2v) is 4.38. The second-order valence-electron chi connectivity index (χ2n) is 2.91. The van der Waals surface area contributed by atoms with E-state index in [-0.39, 0.29) is 10.6 Å². The molecule has 0 aliphatic rings. The van der Waals surface area contributed by atoms with Gasteiger partial charge >= 0.3 is 5.97 Å². The van der Waals surface area contributed by atoms with Gasteiger partial charge in [0, 0.05) is 15.1 Å². The van der Waals surface area contributed by atoms with Crippen LogP contribution in [0.5, 0.6) is 5.06 Å². The van der Waals surface area contributed by atoms with Crippen LogP contribution in [0.3, 0.4) is 0 Å². The number of methoxy groups -OCH3 is 1. The fraction of sp³-hybridized carbons (Fsp3) is 0.100. The Morgan fingerprint density at radius 3 is 2.93 bits per heavy atom. The summed E-state index contributed by atoms with van der Waals surface area (Å²) in [7, 11) is 1.28. The van der Waals surface area contributed by atoms with E-state index in [4.69, 9.17) is 11.6 Å². The number of hydrogen-bond acceptors (Lipinski definition) is 4. The lowest BCUT2D eigenvalue weighted by Crippen LogP contribution is -1.99. The minimum atomic E-state index is -0.541. The van der Waals surface area contributed by atoms with Crippen molar-refractivity contribution in [1.82, 2.24) is 0 Å². The molecule has 1 aromatic carbocycles. The van der Waals surface area contributed by atoms with Gasteiger partial charge in [-0.05, 0) is 12.1 Å².